The summed E-state index contributed by atoms with van der Waals surface area (Å²) in [6, 6.07) is 0. The highest BCUT2D eigenvalue weighted by Gasteiger charge is 2.82. The van der Waals surface area contributed by atoms with Crippen LogP contribution in [-0.2, 0) is 0 Å². The lowest BCUT2D eigenvalue weighted by Gasteiger charge is -1.85. The molecule has 2 heterocycles. The Labute approximate surface area is 64.3 Å². The summed E-state index contributed by atoms with van der Waals surface area (Å²) in [4.78, 5) is 0. The van der Waals surface area contributed by atoms with Crippen LogP contribution in [-0.4, -0.2) is 3.41 Å². The van der Waals surface area contributed by atoms with E-state index in [0.29, 0.717) is 0 Å². The van der Waals surface area contributed by atoms with Crippen LogP contribution >= 0.6 is 48.1 Å². The number of rotatable bonds is 1. The molecule has 2 aliphatic rings. The van der Waals surface area contributed by atoms with Gasteiger partial charge in [-0.3, -0.25) is 0 Å². The molecule has 2 fully saturated rings. The molecule has 2 saturated heterocycles. The van der Waals surface area contributed by atoms with Crippen LogP contribution in [0, 0.1) is 0 Å². The smallest absolute Gasteiger partial charge is 0.0623 e. The van der Waals surface area contributed by atoms with Gasteiger partial charge in [-0.1, -0.05) is 33.8 Å². The largest absolute Gasteiger partial charge is 0.136 e. The third-order valence-electron chi connectivity index (χ3n) is 1.22. The predicted octanol–water partition coefficient (Wildman–Crippen LogP) is 3.53. The molecule has 7 heavy (non-hydrogen) atoms. The van der Waals surface area contributed by atoms with Crippen molar-refractivity contribution in [1.82, 2.24) is 0 Å². The highest BCUT2D eigenvalue weighted by Crippen LogP contribution is 3.23. The summed E-state index contributed by atoms with van der Waals surface area (Å²) in [5.41, 5.74) is 0. The second kappa shape index (κ2) is 1.27. The van der Waals surface area contributed by atoms with E-state index >= 15 is 0 Å². The van der Waals surface area contributed by atoms with Crippen molar-refractivity contribution in [3.8, 4) is 0 Å². The Bertz CT molecular complexity index is 112. The Morgan fingerprint density at radius 2 is 2.14 bits per heavy atom. The van der Waals surface area contributed by atoms with Gasteiger partial charge in [-0.05, 0) is 27.6 Å². The maximum Gasteiger partial charge on any atom is 0.136 e. The van der Waals surface area contributed by atoms with Gasteiger partial charge in [0, 0.05) is 0 Å². The van der Waals surface area contributed by atoms with Gasteiger partial charge in [-0.2, -0.15) is 0 Å². The molecule has 0 amide bonds. The molecule has 0 saturated carbocycles. The van der Waals surface area contributed by atoms with Crippen LogP contribution in [0.5, 0.6) is 0 Å². The average molecular weight is 264 g/mol. The second-order valence-electron chi connectivity index (χ2n) is 1.64. The summed E-state index contributed by atoms with van der Waals surface area (Å²) < 4.78 is 0.799. The van der Waals surface area contributed by atoms with E-state index in [1.165, 1.54) is 6.42 Å². The van der Waals surface area contributed by atoms with Gasteiger partial charge >= 0.3 is 0 Å². The van der Waals surface area contributed by atoms with Crippen LogP contribution in [0.1, 0.15) is 13.3 Å². The van der Waals surface area contributed by atoms with E-state index < -0.39 is 0 Å². The Morgan fingerprint density at radius 1 is 1.71 bits per heavy atom. The van der Waals surface area contributed by atoms with Crippen LogP contribution in [0.2, 0.25) is 0 Å². The molecule has 0 unspecified atom stereocenters. The van der Waals surface area contributed by atoms with Gasteiger partial charge in [0.15, 0.2) is 0 Å². The van der Waals surface area contributed by atoms with E-state index in [1.54, 1.807) is 0 Å². The predicted molar refractivity (Wildman–Crippen MR) is 49.8 cm³/mol. The molecule has 0 bridgehead atoms. The first-order chi connectivity index (χ1) is 3.22. The standard InChI is InChI=1S/C3H5IS3/c1-2-3-5-7(3,4)6-3/h2H2,1H3. The average Bonchev–Trinajstić information content (AvgIpc) is 2.24. The van der Waals surface area contributed by atoms with Crippen LogP contribution in [0.4, 0.5) is 0 Å². The van der Waals surface area contributed by atoms with E-state index in [4.69, 9.17) is 0 Å². The summed E-state index contributed by atoms with van der Waals surface area (Å²) in [6.07, 6.45) is 1.39. The molecule has 0 atom stereocenters. The topological polar surface area (TPSA) is 0 Å². The van der Waals surface area contributed by atoms with Crippen molar-refractivity contribution in [2.45, 2.75) is 16.8 Å². The molecule has 0 radical (unpaired) electrons. The summed E-state index contributed by atoms with van der Waals surface area (Å²) in [5.74, 6) is 0. The summed E-state index contributed by atoms with van der Waals surface area (Å²) in [6.45, 7) is 2.29. The number of halogens is 1. The fourth-order valence-electron chi connectivity index (χ4n) is 0.589. The van der Waals surface area contributed by atoms with Crippen LogP contribution in [0.25, 0.3) is 0 Å². The lowest BCUT2D eigenvalue weighted by molar-refractivity contribution is 1.05. The van der Waals surface area contributed by atoms with Gasteiger partial charge in [0.05, 0.1) is 0 Å². The van der Waals surface area contributed by atoms with Gasteiger partial charge in [-0.15, -0.1) is 0 Å². The second-order valence-corrected chi connectivity index (χ2v) is 17.9. The molecule has 0 aliphatic carbocycles. The lowest BCUT2D eigenvalue weighted by atomic mass is 10.6. The van der Waals surface area contributed by atoms with E-state index in [1.807, 2.05) is 0 Å². The molecule has 0 aromatic carbocycles. The van der Waals surface area contributed by atoms with Crippen molar-refractivity contribution in [2.75, 3.05) is 0 Å². The van der Waals surface area contributed by atoms with Crippen molar-refractivity contribution in [3.63, 3.8) is 0 Å². The van der Waals surface area contributed by atoms with Crippen molar-refractivity contribution >= 4 is 48.1 Å². The van der Waals surface area contributed by atoms with E-state index in [-0.39, 0.29) is 5.26 Å². The first-order valence-electron chi connectivity index (χ1n) is 2.16. The van der Waals surface area contributed by atoms with Crippen molar-refractivity contribution in [3.05, 3.63) is 0 Å². The molecule has 0 N–H and O–H groups in total. The molecule has 42 valence electrons. The minimum absolute atomic E-state index is 0.0584. The van der Waals surface area contributed by atoms with Crippen molar-refractivity contribution < 1.29 is 0 Å². The highest BCUT2D eigenvalue weighted by molar-refractivity contribution is 14.2. The van der Waals surface area contributed by atoms with E-state index in [2.05, 4.69) is 49.7 Å². The van der Waals surface area contributed by atoms with Gasteiger partial charge in [0.25, 0.3) is 0 Å². The van der Waals surface area contributed by atoms with Crippen LogP contribution < -0.4 is 0 Å². The first-order valence-corrected chi connectivity index (χ1v) is 9.00. The zero-order valence-electron chi connectivity index (χ0n) is 3.81. The SMILES string of the molecule is CCC12SS1(I)S2. The fourth-order valence-corrected chi connectivity index (χ4v) is 21.1. The number of hydrogen-bond acceptors (Lipinski definition) is 2. The molecule has 2 rings (SSSR count). The Hall–Kier alpha value is 1.78. The zero-order chi connectivity index (χ0) is 5.12. The first kappa shape index (κ1) is 5.56. The zero-order valence-corrected chi connectivity index (χ0v) is 8.42. The molecule has 0 aromatic heterocycles. The summed E-state index contributed by atoms with van der Waals surface area (Å²) in [7, 11) is 4.41. The Morgan fingerprint density at radius 3 is 2.14 bits per heavy atom. The van der Waals surface area contributed by atoms with Gasteiger partial charge in [-0.25, -0.2) is 0 Å². The van der Waals surface area contributed by atoms with Crippen LogP contribution in [0.15, 0.2) is 0 Å². The maximum atomic E-state index is 2.62. The highest BCUT2D eigenvalue weighted by atomic mass is 127. The quantitative estimate of drug-likeness (QED) is 0.403. The monoisotopic (exact) mass is 264 g/mol. The van der Waals surface area contributed by atoms with Crippen molar-refractivity contribution in [1.29, 1.82) is 0 Å². The Balaban J connectivity index is 2.14. The molecular weight excluding hydrogens is 259 g/mol. The van der Waals surface area contributed by atoms with Gasteiger partial charge in [0.2, 0.25) is 0 Å². The fraction of sp³-hybridized carbons (Fsp3) is 1.00. The van der Waals surface area contributed by atoms with E-state index in [9.17, 15) is 0 Å². The molecule has 0 spiro atoms. The normalized spacial score (nSPS) is 73.4. The minimum atomic E-state index is -0.0584. The summed E-state index contributed by atoms with van der Waals surface area (Å²) in [5, 5.41) is -0.0584. The van der Waals surface area contributed by atoms with Crippen molar-refractivity contribution in [2.24, 2.45) is 0 Å². The lowest BCUT2D eigenvalue weighted by Crippen LogP contribution is -1.77. The number of hydrogen-bond donors (Lipinski definition) is 0. The maximum absolute atomic E-state index is 2.62. The van der Waals surface area contributed by atoms with E-state index in [0.717, 1.165) is 3.41 Å². The molecule has 0 nitrogen and oxygen atoms in total. The summed E-state index contributed by atoms with van der Waals surface area (Å²) >= 11 is 2.62. The third kappa shape index (κ3) is 0.548. The molecule has 4 heteroatoms. The third-order valence-corrected chi connectivity index (χ3v) is 19.1. The minimum Gasteiger partial charge on any atom is -0.0623 e. The Kier molecular flexibility index (Phi) is 1.01. The molecule has 2 aliphatic heterocycles. The molecular formula is C3H5IS3. The number of fused-ring (bicyclic) bond motifs is 1. The van der Waals surface area contributed by atoms with Crippen LogP contribution in [0.3, 0.4) is 0 Å². The van der Waals surface area contributed by atoms with Gasteiger partial charge < -0.3 is 0 Å². The molecule has 0 aromatic rings. The van der Waals surface area contributed by atoms with Gasteiger partial charge in [0.1, 0.15) is 3.41 Å².